The predicted molar refractivity (Wildman–Crippen MR) is 371 cm³/mol. The van der Waals surface area contributed by atoms with Gasteiger partial charge in [-0.1, -0.05) is 354 Å². The highest BCUT2D eigenvalue weighted by Crippen LogP contribution is 2.18. The van der Waals surface area contributed by atoms with Gasteiger partial charge in [0.2, 0.25) is 0 Å². The Morgan fingerprint density at radius 2 is 0.512 bits per heavy atom. The zero-order valence-electron chi connectivity index (χ0n) is 55.6. The molecule has 0 saturated heterocycles. The molecule has 0 bridgehead atoms. The zero-order valence-corrected chi connectivity index (χ0v) is 55.6. The lowest BCUT2D eigenvalue weighted by Gasteiger charge is -2.15. The molecule has 5 nitrogen and oxygen atoms in total. The van der Waals surface area contributed by atoms with E-state index >= 15 is 0 Å². The largest absolute Gasteiger partial charge is 0.462 e. The second kappa shape index (κ2) is 73.8. The van der Waals surface area contributed by atoms with Crippen LogP contribution >= 0.6 is 0 Å². The monoisotopic (exact) mass is 1170 g/mol. The van der Waals surface area contributed by atoms with E-state index < -0.39 is 6.10 Å². The second-order valence-corrected chi connectivity index (χ2v) is 24.3. The molecule has 0 aromatic rings. The van der Waals surface area contributed by atoms with Crippen LogP contribution in [0.2, 0.25) is 0 Å². The van der Waals surface area contributed by atoms with Gasteiger partial charge in [-0.2, -0.15) is 0 Å². The van der Waals surface area contributed by atoms with E-state index in [4.69, 9.17) is 9.47 Å². The van der Waals surface area contributed by atoms with E-state index in [0.717, 1.165) is 89.9 Å². The molecule has 0 radical (unpaired) electrons. The number of aliphatic hydroxyl groups is 1. The van der Waals surface area contributed by atoms with Crippen molar-refractivity contribution in [2.45, 2.75) is 367 Å². The van der Waals surface area contributed by atoms with E-state index in [1.165, 1.54) is 244 Å². The Morgan fingerprint density at radius 1 is 0.286 bits per heavy atom. The molecule has 84 heavy (non-hydrogen) atoms. The predicted octanol–water partition coefficient (Wildman–Crippen LogP) is 25.5. The minimum absolute atomic E-state index is 0.0670. The van der Waals surface area contributed by atoms with Gasteiger partial charge < -0.3 is 14.6 Å². The van der Waals surface area contributed by atoms with Gasteiger partial charge in [0.1, 0.15) is 6.61 Å². The Balaban J connectivity index is 3.47. The van der Waals surface area contributed by atoms with E-state index in [-0.39, 0.29) is 25.2 Å². The van der Waals surface area contributed by atoms with E-state index in [1.54, 1.807) is 0 Å². The highest BCUT2D eigenvalue weighted by molar-refractivity contribution is 5.70. The van der Waals surface area contributed by atoms with Gasteiger partial charge in [-0.15, -0.1) is 0 Å². The number of hydrogen-bond acceptors (Lipinski definition) is 5. The number of esters is 2. The first-order valence-corrected chi connectivity index (χ1v) is 36.4. The lowest BCUT2D eigenvalue weighted by Crippen LogP contribution is -2.28. The van der Waals surface area contributed by atoms with Gasteiger partial charge in [0, 0.05) is 12.8 Å². The van der Waals surface area contributed by atoms with Crippen LogP contribution in [-0.2, 0) is 19.1 Å². The Morgan fingerprint density at radius 3 is 0.786 bits per heavy atom. The number of allylic oxidation sites excluding steroid dienone is 18. The molecule has 484 valence electrons. The maximum atomic E-state index is 12.4. The van der Waals surface area contributed by atoms with Gasteiger partial charge in [-0.05, 0) is 103 Å². The number of aliphatic hydroxyl groups excluding tert-OH is 1. The summed E-state index contributed by atoms with van der Waals surface area (Å²) in [6.45, 7) is 4.06. The van der Waals surface area contributed by atoms with E-state index in [2.05, 4.69) is 123 Å². The molecule has 0 spiro atoms. The van der Waals surface area contributed by atoms with Crippen molar-refractivity contribution in [3.05, 3.63) is 109 Å². The standard InChI is InChI=1S/C79H138O5/c1-3-5-7-9-11-13-15-17-19-21-23-25-27-29-31-33-35-37-38-39-40-42-44-46-48-50-52-54-56-58-60-62-64-66-68-70-72-74-79(82)84-77(75-80)76-83-78(81)73-71-69-67-65-63-61-59-57-55-53-51-49-47-45-43-41-36-34-32-30-28-26-24-22-20-18-16-14-12-10-8-6-4-2/h5,7,11,13,17,19,22-25,29,31,35,37,39-40,44,46,77,80H,3-4,6,8-10,12,14-16,18,20-21,26-28,30,32-34,36,38,41-43,45,47-76H2,1-2H3/b7-5-,13-11-,19-17-,24-22-,25-23-,31-29-,37-35-,40-39-,46-44-. The van der Waals surface area contributed by atoms with Gasteiger partial charge in [-0.3, -0.25) is 9.59 Å². The van der Waals surface area contributed by atoms with Crippen LogP contribution in [-0.4, -0.2) is 36.4 Å². The molecule has 0 aromatic carbocycles. The van der Waals surface area contributed by atoms with Crippen molar-refractivity contribution in [1.29, 1.82) is 0 Å². The van der Waals surface area contributed by atoms with Crippen molar-refractivity contribution >= 4 is 11.9 Å². The maximum absolute atomic E-state index is 12.4. The molecule has 0 saturated carbocycles. The summed E-state index contributed by atoms with van der Waals surface area (Å²) in [6.07, 6.45) is 107. The number of hydrogen-bond donors (Lipinski definition) is 1. The van der Waals surface area contributed by atoms with Gasteiger partial charge in [0.25, 0.3) is 0 Å². The zero-order chi connectivity index (χ0) is 60.5. The molecule has 0 amide bonds. The van der Waals surface area contributed by atoms with E-state index in [9.17, 15) is 14.7 Å². The van der Waals surface area contributed by atoms with Crippen LogP contribution in [0.3, 0.4) is 0 Å². The third kappa shape index (κ3) is 71.0. The fourth-order valence-electron chi connectivity index (χ4n) is 10.6. The van der Waals surface area contributed by atoms with Crippen molar-refractivity contribution < 1.29 is 24.2 Å². The Hall–Kier alpha value is -3.44. The highest BCUT2D eigenvalue weighted by Gasteiger charge is 2.16. The molecule has 0 fully saturated rings. The molecule has 0 aliphatic rings. The molecule has 1 unspecified atom stereocenters. The summed E-state index contributed by atoms with van der Waals surface area (Å²) in [5.74, 6) is -0.581. The summed E-state index contributed by atoms with van der Waals surface area (Å²) < 4.78 is 10.8. The third-order valence-electron chi connectivity index (χ3n) is 16.1. The topological polar surface area (TPSA) is 72.8 Å². The average molecular weight is 1170 g/mol. The first-order chi connectivity index (χ1) is 41.6. The van der Waals surface area contributed by atoms with Crippen LogP contribution in [0.5, 0.6) is 0 Å². The lowest BCUT2D eigenvalue weighted by atomic mass is 10.0. The molecular weight excluding hydrogens is 1030 g/mol. The molecule has 0 heterocycles. The highest BCUT2D eigenvalue weighted by atomic mass is 16.6. The van der Waals surface area contributed by atoms with Crippen molar-refractivity contribution in [3.8, 4) is 0 Å². The van der Waals surface area contributed by atoms with Gasteiger partial charge >= 0.3 is 11.9 Å². The molecule has 0 rings (SSSR count). The Bertz CT molecular complexity index is 1610. The van der Waals surface area contributed by atoms with Crippen LogP contribution in [0.15, 0.2) is 109 Å². The summed E-state index contributed by atoms with van der Waals surface area (Å²) in [5, 5.41) is 9.71. The molecule has 0 aliphatic heterocycles. The number of ether oxygens (including phenoxy) is 2. The summed E-state index contributed by atoms with van der Waals surface area (Å²) in [4.78, 5) is 24.7. The van der Waals surface area contributed by atoms with Gasteiger partial charge in [0.05, 0.1) is 6.61 Å². The fourth-order valence-corrected chi connectivity index (χ4v) is 10.6. The van der Waals surface area contributed by atoms with Crippen molar-refractivity contribution in [2.75, 3.05) is 13.2 Å². The minimum Gasteiger partial charge on any atom is -0.462 e. The second-order valence-electron chi connectivity index (χ2n) is 24.3. The summed E-state index contributed by atoms with van der Waals surface area (Å²) in [7, 11) is 0. The van der Waals surface area contributed by atoms with Crippen molar-refractivity contribution in [3.63, 3.8) is 0 Å². The molecular formula is C79H138O5. The molecule has 0 aromatic heterocycles. The van der Waals surface area contributed by atoms with Gasteiger partial charge in [0.15, 0.2) is 6.10 Å². The van der Waals surface area contributed by atoms with Crippen molar-refractivity contribution in [2.24, 2.45) is 0 Å². The van der Waals surface area contributed by atoms with E-state index in [0.29, 0.717) is 12.8 Å². The summed E-state index contributed by atoms with van der Waals surface area (Å²) in [6, 6.07) is 0. The average Bonchev–Trinajstić information content (AvgIpc) is 3.51. The van der Waals surface area contributed by atoms with Crippen LogP contribution in [0.4, 0.5) is 0 Å². The Labute approximate surface area is 522 Å². The number of rotatable bonds is 67. The van der Waals surface area contributed by atoms with Crippen molar-refractivity contribution in [1.82, 2.24) is 0 Å². The molecule has 1 atom stereocenters. The number of carbonyl (C=O) groups excluding carboxylic acids is 2. The van der Waals surface area contributed by atoms with E-state index in [1.807, 2.05) is 0 Å². The van der Waals surface area contributed by atoms with Gasteiger partial charge in [-0.25, -0.2) is 0 Å². The number of carbonyl (C=O) groups is 2. The molecule has 0 aliphatic carbocycles. The summed E-state index contributed by atoms with van der Waals surface area (Å²) >= 11 is 0. The smallest absolute Gasteiger partial charge is 0.306 e. The fraction of sp³-hybridized carbons (Fsp3) is 0.747. The quantitative estimate of drug-likeness (QED) is 0.0373. The Kier molecular flexibility index (Phi) is 70.8. The number of unbranched alkanes of at least 4 members (excludes halogenated alkanes) is 41. The normalized spacial score (nSPS) is 12.8. The van der Waals surface area contributed by atoms with Crippen LogP contribution in [0.25, 0.3) is 0 Å². The van der Waals surface area contributed by atoms with Crippen LogP contribution in [0.1, 0.15) is 361 Å². The molecule has 5 heteroatoms. The minimum atomic E-state index is -0.779. The first kappa shape index (κ1) is 80.6. The first-order valence-electron chi connectivity index (χ1n) is 36.4. The third-order valence-corrected chi connectivity index (χ3v) is 16.1. The summed E-state index contributed by atoms with van der Waals surface area (Å²) in [5.41, 5.74) is 0. The lowest BCUT2D eigenvalue weighted by molar-refractivity contribution is -0.161. The SMILES string of the molecule is CC/C=C\C/C=C\C/C=C\C/C=C\C/C=C\C/C=C\C/C=C\C/C=C\CCCCCCCCCCCCCCC(=O)OC(CO)COC(=O)CCCCCCCCCCCCCCCCCCCCCCC/C=C\CCCCCCCCCC. The maximum Gasteiger partial charge on any atom is 0.306 e. The van der Waals surface area contributed by atoms with Crippen LogP contribution < -0.4 is 0 Å². The van der Waals surface area contributed by atoms with Crippen LogP contribution in [0, 0.1) is 0 Å². The molecule has 1 N–H and O–H groups in total.